The molecule has 12 heteroatoms. The van der Waals surface area contributed by atoms with Crippen molar-refractivity contribution in [2.75, 3.05) is 19.0 Å². The van der Waals surface area contributed by atoms with Gasteiger partial charge in [0, 0.05) is 31.8 Å². The van der Waals surface area contributed by atoms with Crippen LogP contribution in [0.5, 0.6) is 5.75 Å². The zero-order chi connectivity index (χ0) is 23.8. The number of thiazole rings is 1. The molecular weight excluding hydrogens is 459 g/mol. The van der Waals surface area contributed by atoms with Gasteiger partial charge in [0.05, 0.1) is 27.9 Å². The molecule has 4 aromatic rings. The van der Waals surface area contributed by atoms with Crippen LogP contribution in [0.1, 0.15) is 17.3 Å². The van der Waals surface area contributed by atoms with Crippen molar-refractivity contribution in [1.82, 2.24) is 19.9 Å². The van der Waals surface area contributed by atoms with E-state index in [1.807, 2.05) is 6.92 Å². The number of aryl methyl sites for hydroxylation is 1. The molecule has 4 rings (SSSR count). The van der Waals surface area contributed by atoms with Crippen molar-refractivity contribution in [3.63, 3.8) is 0 Å². The quantitative estimate of drug-likeness (QED) is 0.403. The number of alkyl halides is 3. The fourth-order valence-corrected chi connectivity index (χ4v) is 4.19. The van der Waals surface area contributed by atoms with Crippen LogP contribution in [0.2, 0.25) is 0 Å². The number of nitrogens with zero attached hydrogens (tertiary/aromatic N) is 3. The van der Waals surface area contributed by atoms with E-state index in [9.17, 15) is 18.0 Å². The summed E-state index contributed by atoms with van der Waals surface area (Å²) in [5, 5.41) is 6.41. The van der Waals surface area contributed by atoms with Gasteiger partial charge < -0.3 is 24.7 Å². The average molecular weight is 479 g/mol. The van der Waals surface area contributed by atoms with Crippen LogP contribution >= 0.6 is 11.3 Å². The molecular formula is C21H20F3N5O3S. The maximum Gasteiger partial charge on any atom is 0.573 e. The summed E-state index contributed by atoms with van der Waals surface area (Å²) >= 11 is 1.17. The fraction of sp³-hybridized carbons (Fsp3) is 0.286. The van der Waals surface area contributed by atoms with Crippen molar-refractivity contribution in [2.24, 2.45) is 7.05 Å². The number of halogens is 3. The van der Waals surface area contributed by atoms with Gasteiger partial charge in [0.1, 0.15) is 5.75 Å². The van der Waals surface area contributed by atoms with E-state index in [4.69, 9.17) is 4.74 Å². The Morgan fingerprint density at radius 2 is 1.97 bits per heavy atom. The van der Waals surface area contributed by atoms with Gasteiger partial charge in [0.15, 0.2) is 5.13 Å². The number of carbonyl (C=O) groups excluding carboxylic acids is 1. The highest BCUT2D eigenvalue weighted by molar-refractivity contribution is 7.22. The minimum Gasteiger partial charge on any atom is -0.406 e. The van der Waals surface area contributed by atoms with E-state index in [-0.39, 0.29) is 17.7 Å². The SMILES string of the molecule is COCC(C)NC(=O)c1ccc2c(c1)nc(Nc1nc3ccc(OC(F)(F)F)cc3s1)n2C. The van der Waals surface area contributed by atoms with E-state index in [2.05, 4.69) is 25.3 Å². The van der Waals surface area contributed by atoms with Crippen LogP contribution < -0.4 is 15.4 Å². The van der Waals surface area contributed by atoms with Gasteiger partial charge >= 0.3 is 6.36 Å². The Morgan fingerprint density at radius 1 is 1.18 bits per heavy atom. The Kier molecular flexibility index (Phi) is 6.13. The van der Waals surface area contributed by atoms with Gasteiger partial charge in [-0.15, -0.1) is 13.2 Å². The lowest BCUT2D eigenvalue weighted by atomic mass is 10.1. The molecule has 0 fully saturated rings. The number of benzene rings is 2. The lowest BCUT2D eigenvalue weighted by Crippen LogP contribution is -2.35. The highest BCUT2D eigenvalue weighted by Gasteiger charge is 2.31. The Morgan fingerprint density at radius 3 is 2.70 bits per heavy atom. The third-order valence-electron chi connectivity index (χ3n) is 4.75. The molecule has 0 aliphatic carbocycles. The Hall–Kier alpha value is -3.38. The smallest absolute Gasteiger partial charge is 0.406 e. The monoisotopic (exact) mass is 479 g/mol. The number of anilines is 2. The summed E-state index contributed by atoms with van der Waals surface area (Å²) in [6, 6.07) is 9.02. The normalized spacial score (nSPS) is 12.8. The van der Waals surface area contributed by atoms with Gasteiger partial charge in [-0.25, -0.2) is 9.97 Å². The van der Waals surface area contributed by atoms with Crippen LogP contribution in [-0.2, 0) is 11.8 Å². The number of methoxy groups -OCH3 is 1. The maximum atomic E-state index is 12.5. The van der Waals surface area contributed by atoms with E-state index >= 15 is 0 Å². The highest BCUT2D eigenvalue weighted by Crippen LogP contribution is 2.33. The van der Waals surface area contributed by atoms with Crippen molar-refractivity contribution >= 4 is 49.6 Å². The molecule has 1 unspecified atom stereocenters. The second kappa shape index (κ2) is 8.87. The third-order valence-corrected chi connectivity index (χ3v) is 5.68. The van der Waals surface area contributed by atoms with Gasteiger partial charge in [0.25, 0.3) is 5.91 Å². The molecule has 2 N–H and O–H groups in total. The first-order valence-electron chi connectivity index (χ1n) is 9.82. The van der Waals surface area contributed by atoms with E-state index in [0.29, 0.717) is 39.0 Å². The molecule has 0 spiro atoms. The Bertz CT molecular complexity index is 1320. The molecule has 0 saturated carbocycles. The second-order valence-electron chi connectivity index (χ2n) is 7.35. The van der Waals surface area contributed by atoms with Crippen LogP contribution in [-0.4, -0.2) is 46.6 Å². The van der Waals surface area contributed by atoms with Gasteiger partial charge in [-0.05, 0) is 37.3 Å². The van der Waals surface area contributed by atoms with Crippen LogP contribution in [0.3, 0.4) is 0 Å². The third kappa shape index (κ3) is 5.17. The van der Waals surface area contributed by atoms with Crippen molar-refractivity contribution in [1.29, 1.82) is 0 Å². The van der Waals surface area contributed by atoms with E-state index in [0.717, 1.165) is 5.52 Å². The number of aromatic nitrogens is 3. The molecule has 0 aliphatic rings. The number of imidazole rings is 1. The molecule has 1 atom stereocenters. The summed E-state index contributed by atoms with van der Waals surface area (Å²) in [5.74, 6) is -0.0654. The zero-order valence-electron chi connectivity index (χ0n) is 17.9. The van der Waals surface area contributed by atoms with Crippen molar-refractivity contribution in [2.45, 2.75) is 19.3 Å². The van der Waals surface area contributed by atoms with Crippen molar-refractivity contribution < 1.29 is 27.4 Å². The Labute approximate surface area is 190 Å². The highest BCUT2D eigenvalue weighted by atomic mass is 32.1. The predicted octanol–water partition coefficient (Wildman–Crippen LogP) is 4.59. The number of hydrogen-bond acceptors (Lipinski definition) is 7. The molecule has 2 aromatic heterocycles. The van der Waals surface area contributed by atoms with Crippen LogP contribution in [0, 0.1) is 0 Å². The fourth-order valence-electron chi connectivity index (χ4n) is 3.30. The van der Waals surface area contributed by atoms with Gasteiger partial charge in [0.2, 0.25) is 5.95 Å². The number of fused-ring (bicyclic) bond motifs is 2. The molecule has 0 radical (unpaired) electrons. The van der Waals surface area contributed by atoms with Crippen LogP contribution in [0.15, 0.2) is 36.4 Å². The largest absolute Gasteiger partial charge is 0.573 e. The van der Waals surface area contributed by atoms with Crippen molar-refractivity contribution in [3.05, 3.63) is 42.0 Å². The van der Waals surface area contributed by atoms with E-state index in [1.54, 1.807) is 36.9 Å². The van der Waals surface area contributed by atoms with E-state index < -0.39 is 6.36 Å². The minimum absolute atomic E-state index is 0.139. The van der Waals surface area contributed by atoms with Crippen LogP contribution in [0.4, 0.5) is 24.3 Å². The molecule has 0 saturated heterocycles. The number of hydrogen-bond donors (Lipinski definition) is 2. The number of amides is 1. The molecule has 1 amide bonds. The maximum absolute atomic E-state index is 12.5. The summed E-state index contributed by atoms with van der Waals surface area (Å²) in [7, 11) is 3.37. The number of carbonyl (C=O) groups is 1. The summed E-state index contributed by atoms with van der Waals surface area (Å²) < 4.78 is 48.7. The van der Waals surface area contributed by atoms with Crippen molar-refractivity contribution in [3.8, 4) is 5.75 Å². The zero-order valence-corrected chi connectivity index (χ0v) is 18.7. The molecule has 174 valence electrons. The first-order valence-corrected chi connectivity index (χ1v) is 10.6. The van der Waals surface area contributed by atoms with Crippen LogP contribution in [0.25, 0.3) is 21.3 Å². The summed E-state index contributed by atoms with van der Waals surface area (Å²) in [6.07, 6.45) is -4.76. The summed E-state index contributed by atoms with van der Waals surface area (Å²) in [6.45, 7) is 2.25. The lowest BCUT2D eigenvalue weighted by Gasteiger charge is -2.12. The molecule has 33 heavy (non-hydrogen) atoms. The van der Waals surface area contributed by atoms with Gasteiger partial charge in [-0.3, -0.25) is 4.79 Å². The number of nitrogens with one attached hydrogen (secondary N) is 2. The molecule has 0 aliphatic heterocycles. The van der Waals surface area contributed by atoms with Gasteiger partial charge in [-0.1, -0.05) is 11.3 Å². The average Bonchev–Trinajstić information content (AvgIpc) is 3.26. The molecule has 8 nitrogen and oxygen atoms in total. The standard InChI is InChI=1S/C21H20F3N5O3S/c1-11(10-31-3)25-18(30)12-4-7-16-15(8-12)26-19(29(16)2)28-20-27-14-6-5-13(9-17(14)33-20)32-21(22,23)24/h4-9,11H,10H2,1-3H3,(H,25,30)(H,26,27,28). The van der Waals surface area contributed by atoms with Gasteiger partial charge in [-0.2, -0.15) is 0 Å². The summed E-state index contributed by atoms with van der Waals surface area (Å²) in [4.78, 5) is 21.4. The molecule has 2 aromatic carbocycles. The number of rotatable bonds is 7. The first kappa shape index (κ1) is 22.8. The second-order valence-corrected chi connectivity index (χ2v) is 8.38. The molecule has 2 heterocycles. The number of ether oxygens (including phenoxy) is 2. The molecule has 0 bridgehead atoms. The lowest BCUT2D eigenvalue weighted by molar-refractivity contribution is -0.274. The van der Waals surface area contributed by atoms with E-state index in [1.165, 1.54) is 29.5 Å². The summed E-state index contributed by atoms with van der Waals surface area (Å²) in [5.41, 5.74) is 2.39. The minimum atomic E-state index is -4.76. The topological polar surface area (TPSA) is 90.3 Å². The Balaban J connectivity index is 1.56. The predicted molar refractivity (Wildman–Crippen MR) is 119 cm³/mol. The first-order chi connectivity index (χ1) is 15.6.